The smallest absolute Gasteiger partial charge is 0.332 e. The Morgan fingerprint density at radius 1 is 1.09 bits per heavy atom. The van der Waals surface area contributed by atoms with Gasteiger partial charge in [0.25, 0.3) is 0 Å². The summed E-state index contributed by atoms with van der Waals surface area (Å²) in [5.41, 5.74) is 3.32. The predicted molar refractivity (Wildman–Crippen MR) is 117 cm³/mol. The molecule has 2 aliphatic rings. The Balaban J connectivity index is 1.46. The maximum absolute atomic E-state index is 12.8. The van der Waals surface area contributed by atoms with Crippen molar-refractivity contribution in [3.8, 4) is 0 Å². The number of hydrazone groups is 1. The molecule has 2 aliphatic heterocycles. The van der Waals surface area contributed by atoms with Crippen LogP contribution in [0.25, 0.3) is 0 Å². The standard InChI is InChI=1S/C22H26F3N7O/c1-15-3-5-17(6-4-15)19-18(31-9-7-30(2)8-10-31)14-32(29-19)21(33)28-13-16-11-26-20(27-12-16)22(23,24)25/h3-6,11-12,18H,7-10,13-14H2,1-2H3,(H,28,33). The van der Waals surface area contributed by atoms with Crippen LogP contribution < -0.4 is 5.32 Å². The molecular weight excluding hydrogens is 435 g/mol. The van der Waals surface area contributed by atoms with Gasteiger partial charge >= 0.3 is 12.2 Å². The lowest BCUT2D eigenvalue weighted by molar-refractivity contribution is -0.145. The summed E-state index contributed by atoms with van der Waals surface area (Å²) in [6, 6.07) is 7.62. The van der Waals surface area contributed by atoms with Crippen molar-refractivity contribution in [1.29, 1.82) is 0 Å². The van der Waals surface area contributed by atoms with Crippen molar-refractivity contribution in [3.63, 3.8) is 0 Å². The Kier molecular flexibility index (Phi) is 6.61. The fraction of sp³-hybridized carbons (Fsp3) is 0.455. The number of piperazine rings is 1. The molecule has 1 saturated heterocycles. The predicted octanol–water partition coefficient (Wildman–Crippen LogP) is 2.35. The van der Waals surface area contributed by atoms with E-state index in [4.69, 9.17) is 0 Å². The average Bonchev–Trinajstić information content (AvgIpc) is 3.24. The van der Waals surface area contributed by atoms with Crippen molar-refractivity contribution >= 4 is 11.7 Å². The van der Waals surface area contributed by atoms with Crippen molar-refractivity contribution in [3.05, 3.63) is 59.2 Å². The molecule has 0 aliphatic carbocycles. The van der Waals surface area contributed by atoms with Crippen LogP contribution >= 0.6 is 0 Å². The van der Waals surface area contributed by atoms with Gasteiger partial charge in [-0.15, -0.1) is 0 Å². The number of aryl methyl sites for hydroxylation is 1. The van der Waals surface area contributed by atoms with Crippen LogP contribution in [0.3, 0.4) is 0 Å². The van der Waals surface area contributed by atoms with E-state index in [1.165, 1.54) is 5.01 Å². The largest absolute Gasteiger partial charge is 0.451 e. The van der Waals surface area contributed by atoms with E-state index in [-0.39, 0.29) is 12.6 Å². The molecule has 0 bridgehead atoms. The Hall–Kier alpha value is -3.05. The first-order valence-electron chi connectivity index (χ1n) is 10.7. The number of halogens is 3. The molecule has 1 aromatic heterocycles. The van der Waals surface area contributed by atoms with Gasteiger partial charge in [-0.3, -0.25) is 4.90 Å². The average molecular weight is 461 g/mol. The lowest BCUT2D eigenvalue weighted by atomic mass is 10.0. The summed E-state index contributed by atoms with van der Waals surface area (Å²) in [5.74, 6) is -1.21. The molecule has 1 unspecified atom stereocenters. The molecule has 3 heterocycles. The van der Waals surface area contributed by atoms with Gasteiger partial charge in [0, 0.05) is 50.7 Å². The fourth-order valence-corrected chi connectivity index (χ4v) is 3.87. The van der Waals surface area contributed by atoms with E-state index in [1.807, 2.05) is 31.2 Å². The highest BCUT2D eigenvalue weighted by atomic mass is 19.4. The summed E-state index contributed by atoms with van der Waals surface area (Å²) in [6.07, 6.45) is -2.47. The quantitative estimate of drug-likeness (QED) is 0.757. The van der Waals surface area contributed by atoms with Crippen molar-refractivity contribution in [1.82, 2.24) is 30.1 Å². The Labute approximate surface area is 190 Å². The summed E-state index contributed by atoms with van der Waals surface area (Å²) in [5, 5.41) is 8.72. The number of nitrogens with zero attached hydrogens (tertiary/aromatic N) is 6. The van der Waals surface area contributed by atoms with Gasteiger partial charge in [-0.25, -0.2) is 19.8 Å². The maximum Gasteiger partial charge on any atom is 0.451 e. The van der Waals surface area contributed by atoms with Gasteiger partial charge in [0.1, 0.15) is 0 Å². The number of rotatable bonds is 4. The highest BCUT2D eigenvalue weighted by molar-refractivity contribution is 6.06. The van der Waals surface area contributed by atoms with Crippen LogP contribution in [0.5, 0.6) is 0 Å². The Morgan fingerprint density at radius 3 is 2.33 bits per heavy atom. The minimum absolute atomic E-state index is 0.00202. The molecule has 0 spiro atoms. The van der Waals surface area contributed by atoms with E-state index < -0.39 is 18.0 Å². The molecule has 4 rings (SSSR count). The van der Waals surface area contributed by atoms with Crippen LogP contribution in [0.15, 0.2) is 41.8 Å². The third kappa shape index (κ3) is 5.48. The van der Waals surface area contributed by atoms with Crippen LogP contribution in [0.4, 0.5) is 18.0 Å². The maximum atomic E-state index is 12.8. The molecule has 176 valence electrons. The van der Waals surface area contributed by atoms with E-state index in [0.29, 0.717) is 12.1 Å². The van der Waals surface area contributed by atoms with E-state index >= 15 is 0 Å². The summed E-state index contributed by atoms with van der Waals surface area (Å²) >= 11 is 0. The number of alkyl halides is 3. The number of carbonyl (C=O) groups is 1. The van der Waals surface area contributed by atoms with Gasteiger partial charge in [-0.05, 0) is 19.5 Å². The normalized spacial score (nSPS) is 20.1. The zero-order valence-corrected chi connectivity index (χ0v) is 18.5. The number of hydrogen-bond acceptors (Lipinski definition) is 6. The zero-order valence-electron chi connectivity index (χ0n) is 18.5. The van der Waals surface area contributed by atoms with Crippen molar-refractivity contribution in [2.75, 3.05) is 39.8 Å². The first-order chi connectivity index (χ1) is 15.7. The summed E-state index contributed by atoms with van der Waals surface area (Å²) in [7, 11) is 2.09. The lowest BCUT2D eigenvalue weighted by Crippen LogP contribution is -2.53. The second kappa shape index (κ2) is 9.44. The van der Waals surface area contributed by atoms with Gasteiger partial charge in [0.2, 0.25) is 5.82 Å². The SMILES string of the molecule is Cc1ccc(C2=NN(C(=O)NCc3cnc(C(F)(F)F)nc3)CC2N2CCN(C)CC2)cc1. The van der Waals surface area contributed by atoms with Crippen molar-refractivity contribution in [2.24, 2.45) is 5.10 Å². The second-order valence-electron chi connectivity index (χ2n) is 8.36. The number of carbonyl (C=O) groups excluding carboxylic acids is 1. The third-order valence-corrected chi connectivity index (χ3v) is 5.85. The third-order valence-electron chi connectivity index (χ3n) is 5.85. The molecule has 8 nitrogen and oxygen atoms in total. The van der Waals surface area contributed by atoms with Crippen LogP contribution in [0.2, 0.25) is 0 Å². The number of urea groups is 1. The summed E-state index contributed by atoms with van der Waals surface area (Å²) < 4.78 is 37.9. The van der Waals surface area contributed by atoms with Crippen LogP contribution in [0, 0.1) is 6.92 Å². The molecular formula is C22H26F3N7O. The van der Waals surface area contributed by atoms with Gasteiger partial charge in [-0.2, -0.15) is 18.3 Å². The number of aromatic nitrogens is 2. The zero-order chi connectivity index (χ0) is 23.6. The van der Waals surface area contributed by atoms with Gasteiger partial charge in [0.15, 0.2) is 0 Å². The summed E-state index contributed by atoms with van der Waals surface area (Å²) in [4.78, 5) is 24.1. The number of benzene rings is 1. The monoisotopic (exact) mass is 461 g/mol. The molecule has 33 heavy (non-hydrogen) atoms. The van der Waals surface area contributed by atoms with E-state index in [0.717, 1.165) is 55.4 Å². The van der Waals surface area contributed by atoms with Crippen molar-refractivity contribution < 1.29 is 18.0 Å². The van der Waals surface area contributed by atoms with Gasteiger partial charge < -0.3 is 10.2 Å². The van der Waals surface area contributed by atoms with Crippen LogP contribution in [0.1, 0.15) is 22.5 Å². The van der Waals surface area contributed by atoms with Crippen LogP contribution in [-0.4, -0.2) is 82.3 Å². The molecule has 1 aromatic carbocycles. The molecule has 11 heteroatoms. The fourth-order valence-electron chi connectivity index (χ4n) is 3.87. The van der Waals surface area contributed by atoms with Gasteiger partial charge in [-0.1, -0.05) is 29.8 Å². The van der Waals surface area contributed by atoms with Crippen molar-refractivity contribution in [2.45, 2.75) is 25.7 Å². The molecule has 1 N–H and O–H groups in total. The first kappa shape index (κ1) is 23.1. The molecule has 2 amide bonds. The minimum atomic E-state index is -4.60. The first-order valence-corrected chi connectivity index (χ1v) is 10.7. The topological polar surface area (TPSA) is 77.0 Å². The molecule has 1 fully saturated rings. The highest BCUT2D eigenvalue weighted by Gasteiger charge is 2.36. The van der Waals surface area contributed by atoms with Gasteiger partial charge in [0.05, 0.1) is 18.3 Å². The number of nitrogens with one attached hydrogen (secondary N) is 1. The van der Waals surface area contributed by atoms with E-state index in [9.17, 15) is 18.0 Å². The number of hydrogen-bond donors (Lipinski definition) is 1. The van der Waals surface area contributed by atoms with Crippen LogP contribution in [-0.2, 0) is 12.7 Å². The Bertz CT molecular complexity index is 1000. The molecule has 0 radical (unpaired) electrons. The minimum Gasteiger partial charge on any atom is -0.332 e. The molecule has 2 aromatic rings. The number of amides is 2. The highest BCUT2D eigenvalue weighted by Crippen LogP contribution is 2.25. The Morgan fingerprint density at radius 2 is 1.73 bits per heavy atom. The lowest BCUT2D eigenvalue weighted by Gasteiger charge is -2.36. The number of likely N-dealkylation sites (N-methyl/N-ethyl adjacent to an activating group) is 1. The summed E-state index contributed by atoms with van der Waals surface area (Å²) in [6.45, 7) is 6.07. The molecule has 1 atom stereocenters. The molecule has 0 saturated carbocycles. The second-order valence-corrected chi connectivity index (χ2v) is 8.36. The van der Waals surface area contributed by atoms with E-state index in [2.05, 4.69) is 37.2 Å². The van der Waals surface area contributed by atoms with E-state index in [1.54, 1.807) is 0 Å².